The molecule has 0 aromatic heterocycles. The molecule has 1 amide bonds. The highest BCUT2D eigenvalue weighted by Crippen LogP contribution is 2.28. The monoisotopic (exact) mass is 336 g/mol. The van der Waals surface area contributed by atoms with Crippen molar-refractivity contribution in [2.24, 2.45) is 0 Å². The number of hydrogen-bond acceptors (Lipinski definition) is 4. The Labute approximate surface area is 142 Å². The molecule has 1 aromatic carbocycles. The Kier molecular flexibility index (Phi) is 5.48. The van der Waals surface area contributed by atoms with E-state index >= 15 is 0 Å². The molecule has 0 spiro atoms. The molecule has 5 nitrogen and oxygen atoms in total. The standard InChI is InChI=1S/C18H25FN2O3/c1-20(18(23)13-5-2-3-6-14(13)19)15-7-4-8-16(17(15)22)21-9-11-24-12-10-21/h2-3,5-6,15-17,22H,4,7-12H2,1H3/t15-,16-,17-/m1/s1. The molecule has 1 N–H and O–H groups in total. The number of benzene rings is 1. The van der Waals surface area contributed by atoms with Gasteiger partial charge in [0.25, 0.3) is 5.91 Å². The predicted octanol–water partition coefficient (Wildman–Crippen LogP) is 1.51. The van der Waals surface area contributed by atoms with Crippen molar-refractivity contribution < 1.29 is 19.0 Å². The van der Waals surface area contributed by atoms with Gasteiger partial charge in [-0.1, -0.05) is 12.1 Å². The highest BCUT2D eigenvalue weighted by Gasteiger charge is 2.39. The van der Waals surface area contributed by atoms with E-state index in [4.69, 9.17) is 4.74 Å². The summed E-state index contributed by atoms with van der Waals surface area (Å²) in [7, 11) is 1.66. The minimum atomic E-state index is -0.627. The number of ether oxygens (including phenoxy) is 1. The maximum absolute atomic E-state index is 13.9. The van der Waals surface area contributed by atoms with Crippen LogP contribution >= 0.6 is 0 Å². The first kappa shape index (κ1) is 17.3. The molecule has 1 aromatic rings. The van der Waals surface area contributed by atoms with Crippen LogP contribution in [0.15, 0.2) is 24.3 Å². The number of likely N-dealkylation sites (N-methyl/N-ethyl adjacent to an activating group) is 1. The van der Waals surface area contributed by atoms with Crippen LogP contribution in [0.2, 0.25) is 0 Å². The van der Waals surface area contributed by atoms with Crippen molar-refractivity contribution in [2.45, 2.75) is 37.5 Å². The van der Waals surface area contributed by atoms with Gasteiger partial charge in [0.05, 0.1) is 30.9 Å². The lowest BCUT2D eigenvalue weighted by Gasteiger charge is -2.45. The van der Waals surface area contributed by atoms with Crippen LogP contribution < -0.4 is 0 Å². The van der Waals surface area contributed by atoms with E-state index in [0.29, 0.717) is 13.2 Å². The summed E-state index contributed by atoms with van der Waals surface area (Å²) >= 11 is 0. The van der Waals surface area contributed by atoms with E-state index in [2.05, 4.69) is 4.90 Å². The van der Waals surface area contributed by atoms with Crippen molar-refractivity contribution in [1.82, 2.24) is 9.80 Å². The van der Waals surface area contributed by atoms with Gasteiger partial charge >= 0.3 is 0 Å². The van der Waals surface area contributed by atoms with Gasteiger partial charge in [0, 0.05) is 26.2 Å². The summed E-state index contributed by atoms with van der Waals surface area (Å²) in [5.74, 6) is -0.899. The van der Waals surface area contributed by atoms with Gasteiger partial charge in [-0.15, -0.1) is 0 Å². The number of halogens is 1. The number of aliphatic hydroxyl groups excluding tert-OH is 1. The molecule has 3 atom stereocenters. The topological polar surface area (TPSA) is 53.0 Å². The second-order valence-electron chi connectivity index (χ2n) is 6.60. The highest BCUT2D eigenvalue weighted by atomic mass is 19.1. The summed E-state index contributed by atoms with van der Waals surface area (Å²) in [5, 5.41) is 10.8. The van der Waals surface area contributed by atoms with Crippen LogP contribution in [0.4, 0.5) is 4.39 Å². The van der Waals surface area contributed by atoms with Gasteiger partial charge in [-0.3, -0.25) is 9.69 Å². The molecular formula is C18H25FN2O3. The Bertz CT molecular complexity index is 577. The van der Waals surface area contributed by atoms with Crippen LogP contribution in [0.25, 0.3) is 0 Å². The van der Waals surface area contributed by atoms with Crippen molar-refractivity contribution in [3.8, 4) is 0 Å². The third-order valence-electron chi connectivity index (χ3n) is 5.23. The van der Waals surface area contributed by atoms with Crippen LogP contribution in [0.1, 0.15) is 29.6 Å². The van der Waals surface area contributed by atoms with Crippen molar-refractivity contribution >= 4 is 5.91 Å². The van der Waals surface area contributed by atoms with E-state index in [-0.39, 0.29) is 23.6 Å². The Balaban J connectivity index is 1.72. The Hall–Kier alpha value is -1.50. The molecule has 1 heterocycles. The average Bonchev–Trinajstić information content (AvgIpc) is 2.62. The summed E-state index contributed by atoms with van der Waals surface area (Å²) in [5.41, 5.74) is 0.0562. The van der Waals surface area contributed by atoms with Crippen LogP contribution in [0.5, 0.6) is 0 Å². The van der Waals surface area contributed by atoms with E-state index in [1.807, 2.05) is 0 Å². The van der Waals surface area contributed by atoms with Crippen molar-refractivity contribution in [2.75, 3.05) is 33.4 Å². The summed E-state index contributed by atoms with van der Waals surface area (Å²) in [6.45, 7) is 2.97. The fraction of sp³-hybridized carbons (Fsp3) is 0.611. The second kappa shape index (κ2) is 7.59. The van der Waals surface area contributed by atoms with Crippen LogP contribution in [-0.2, 0) is 4.74 Å². The number of rotatable bonds is 3. The van der Waals surface area contributed by atoms with E-state index < -0.39 is 11.9 Å². The smallest absolute Gasteiger partial charge is 0.256 e. The molecule has 1 aliphatic carbocycles. The highest BCUT2D eigenvalue weighted by molar-refractivity contribution is 5.94. The first-order valence-corrected chi connectivity index (χ1v) is 8.61. The summed E-state index contributed by atoms with van der Waals surface area (Å²) in [6.07, 6.45) is 1.97. The minimum Gasteiger partial charge on any atom is -0.389 e. The number of hydrogen-bond donors (Lipinski definition) is 1. The molecule has 24 heavy (non-hydrogen) atoms. The Morgan fingerprint density at radius 1 is 1.29 bits per heavy atom. The van der Waals surface area contributed by atoms with Gasteiger partial charge < -0.3 is 14.7 Å². The maximum atomic E-state index is 13.9. The normalized spacial score (nSPS) is 28.5. The van der Waals surface area contributed by atoms with Crippen LogP contribution in [0.3, 0.4) is 0 Å². The summed E-state index contributed by atoms with van der Waals surface area (Å²) < 4.78 is 19.3. The van der Waals surface area contributed by atoms with Crippen molar-refractivity contribution in [1.29, 1.82) is 0 Å². The van der Waals surface area contributed by atoms with E-state index in [1.54, 1.807) is 19.2 Å². The predicted molar refractivity (Wildman–Crippen MR) is 88.3 cm³/mol. The van der Waals surface area contributed by atoms with Gasteiger partial charge in [-0.25, -0.2) is 4.39 Å². The molecule has 0 unspecified atom stereocenters. The molecule has 1 saturated heterocycles. The van der Waals surface area contributed by atoms with Crippen molar-refractivity contribution in [3.05, 3.63) is 35.6 Å². The molecule has 1 saturated carbocycles. The Morgan fingerprint density at radius 2 is 2.00 bits per heavy atom. The third kappa shape index (κ3) is 3.45. The lowest BCUT2D eigenvalue weighted by atomic mass is 9.86. The Morgan fingerprint density at radius 3 is 2.71 bits per heavy atom. The molecule has 6 heteroatoms. The number of nitrogens with zero attached hydrogens (tertiary/aromatic N) is 2. The maximum Gasteiger partial charge on any atom is 0.256 e. The van der Waals surface area contributed by atoms with E-state index in [0.717, 1.165) is 32.4 Å². The molecule has 2 aliphatic rings. The molecule has 2 fully saturated rings. The quantitative estimate of drug-likeness (QED) is 0.909. The first-order valence-electron chi connectivity index (χ1n) is 8.61. The zero-order valence-corrected chi connectivity index (χ0v) is 14.0. The van der Waals surface area contributed by atoms with Gasteiger partial charge in [0.1, 0.15) is 5.82 Å². The molecule has 0 radical (unpaired) electrons. The third-order valence-corrected chi connectivity index (χ3v) is 5.23. The number of carbonyl (C=O) groups is 1. The average molecular weight is 336 g/mol. The lowest BCUT2D eigenvalue weighted by molar-refractivity contribution is -0.0614. The minimum absolute atomic E-state index is 0.0310. The van der Waals surface area contributed by atoms with Crippen molar-refractivity contribution in [3.63, 3.8) is 0 Å². The SMILES string of the molecule is CN(C(=O)c1ccccc1F)[C@@H]1CCC[C@@H](N2CCOCC2)[C@@H]1O. The number of carbonyl (C=O) groups excluding carboxylic acids is 1. The molecule has 0 bridgehead atoms. The van der Waals surface area contributed by atoms with Gasteiger partial charge in [-0.05, 0) is 31.4 Å². The fourth-order valence-electron chi connectivity index (χ4n) is 3.84. The number of amides is 1. The molecular weight excluding hydrogens is 311 g/mol. The zero-order chi connectivity index (χ0) is 17.1. The molecule has 3 rings (SSSR count). The van der Waals surface area contributed by atoms with Gasteiger partial charge in [0.15, 0.2) is 0 Å². The fourth-order valence-corrected chi connectivity index (χ4v) is 3.84. The van der Waals surface area contributed by atoms with Crippen LogP contribution in [0, 0.1) is 5.82 Å². The lowest BCUT2D eigenvalue weighted by Crippen LogP contribution is -2.58. The van der Waals surface area contributed by atoms with E-state index in [9.17, 15) is 14.3 Å². The molecule has 1 aliphatic heterocycles. The summed E-state index contributed by atoms with van der Waals surface area (Å²) in [6, 6.07) is 5.73. The van der Waals surface area contributed by atoms with Crippen LogP contribution in [-0.4, -0.2) is 72.4 Å². The zero-order valence-electron chi connectivity index (χ0n) is 14.0. The largest absolute Gasteiger partial charge is 0.389 e. The number of aliphatic hydroxyl groups is 1. The first-order chi connectivity index (χ1) is 11.6. The van der Waals surface area contributed by atoms with E-state index in [1.165, 1.54) is 17.0 Å². The summed E-state index contributed by atoms with van der Waals surface area (Å²) in [4.78, 5) is 16.4. The number of morpholine rings is 1. The second-order valence-corrected chi connectivity index (χ2v) is 6.60. The van der Waals surface area contributed by atoms with Gasteiger partial charge in [0.2, 0.25) is 0 Å². The van der Waals surface area contributed by atoms with Gasteiger partial charge in [-0.2, -0.15) is 0 Å². The molecule has 132 valence electrons.